The molecule has 7 N–H and O–H groups in total. The van der Waals surface area contributed by atoms with Gasteiger partial charge in [0.05, 0.1) is 34.6 Å². The average molecular weight is 791 g/mol. The number of fused-ring (bicyclic) bond motifs is 2. The molecule has 53 heavy (non-hydrogen) atoms. The molecular weight excluding hydrogens is 754 g/mol. The third kappa shape index (κ3) is 6.89. The van der Waals surface area contributed by atoms with E-state index < -0.39 is 63.4 Å². The lowest BCUT2D eigenvalue weighted by molar-refractivity contribution is -0.925. The van der Waals surface area contributed by atoms with Gasteiger partial charge < -0.3 is 45.4 Å². The van der Waals surface area contributed by atoms with Crippen LogP contribution in [-0.4, -0.2) is 111 Å². The number of hydrogen-bond acceptors (Lipinski definition) is 13. The number of carboxylic acid groups (broad SMARTS) is 2. The van der Waals surface area contributed by atoms with Crippen molar-refractivity contribution in [2.24, 2.45) is 5.16 Å². The fraction of sp³-hybridized carbons (Fsp3) is 0.424. The third-order valence-electron chi connectivity index (χ3n) is 9.62. The van der Waals surface area contributed by atoms with E-state index in [0.717, 1.165) is 29.1 Å². The number of anilines is 1. The molecule has 2 atom stereocenters. The standard InChI is InChI=1S/C33H36ClN7O10S2/c1-4-39-10-15(25(43)20-18(39)9-19(42)26(44)21(20)34)11-41(7-5-6-8-41)12-16-13-52-29-23(28(46)40(29)24(16)30(47)48)37-27(45)22(17-14-53-32(35)36-17)38-51-33(2,3)31(49)50/h9-10,14,23,29H,4-8,11-13H2,1-3H3,(H6-,35,36,37,38,42,43,44,45,47,48,49,50)/p+1/t23-,29-/m1/s1. The van der Waals surface area contributed by atoms with Gasteiger partial charge >= 0.3 is 11.9 Å². The second-order valence-corrected chi connectivity index (χ2v) is 15.9. The molecule has 6 rings (SSSR count). The van der Waals surface area contributed by atoms with Crippen molar-refractivity contribution >= 4 is 80.2 Å². The number of nitrogen functional groups attached to an aromatic ring is 1. The highest BCUT2D eigenvalue weighted by molar-refractivity contribution is 8.00. The lowest BCUT2D eigenvalue weighted by Crippen LogP contribution is -2.71. The van der Waals surface area contributed by atoms with Crippen molar-refractivity contribution in [3.8, 4) is 11.5 Å². The smallest absolute Gasteiger partial charge is 0.352 e. The molecule has 0 aliphatic carbocycles. The molecule has 2 fully saturated rings. The summed E-state index contributed by atoms with van der Waals surface area (Å²) in [6.07, 6.45) is 3.36. The molecule has 17 nitrogen and oxygen atoms in total. The Hall–Kier alpha value is -4.85. The number of phenols is 2. The van der Waals surface area contributed by atoms with Crippen molar-refractivity contribution < 1.29 is 48.9 Å². The molecule has 3 aromatic rings. The van der Waals surface area contributed by atoms with Gasteiger partial charge in [0.25, 0.3) is 11.8 Å². The van der Waals surface area contributed by atoms with Crippen LogP contribution in [0.5, 0.6) is 11.5 Å². The minimum atomic E-state index is -1.80. The second-order valence-electron chi connectivity index (χ2n) is 13.6. The van der Waals surface area contributed by atoms with Crippen molar-refractivity contribution in [3.05, 3.63) is 55.4 Å². The SMILES string of the molecule is CCn1cc(C[N+]2(CC3=C(C(=O)O)N4C(=O)[C@@H](NC(=O)/C(=N\OC(C)(C)C(=O)O)c5csc(N)n5)[C@H]4SC3)CCCC2)c(=O)c2c(Cl)c(O)c(O)cc21. The number of carboxylic acids is 2. The van der Waals surface area contributed by atoms with Crippen LogP contribution in [-0.2, 0) is 37.1 Å². The summed E-state index contributed by atoms with van der Waals surface area (Å²) >= 11 is 8.66. The minimum Gasteiger partial charge on any atom is -0.504 e. The van der Waals surface area contributed by atoms with Gasteiger partial charge in [-0.25, -0.2) is 14.6 Å². The number of nitrogens with zero attached hydrogens (tertiary/aromatic N) is 5. The zero-order valence-electron chi connectivity index (χ0n) is 28.8. The largest absolute Gasteiger partial charge is 0.504 e. The predicted molar refractivity (Wildman–Crippen MR) is 196 cm³/mol. The van der Waals surface area contributed by atoms with E-state index in [4.69, 9.17) is 22.2 Å². The predicted octanol–water partition coefficient (Wildman–Crippen LogP) is 2.26. The van der Waals surface area contributed by atoms with E-state index in [9.17, 15) is 44.4 Å². The molecule has 2 amide bonds. The van der Waals surface area contributed by atoms with Gasteiger partial charge in [0.2, 0.25) is 5.60 Å². The Morgan fingerprint density at radius 2 is 1.89 bits per heavy atom. The molecule has 3 aliphatic rings. The third-order valence-corrected chi connectivity index (χ3v) is 12.0. The van der Waals surface area contributed by atoms with Crippen LogP contribution >= 0.6 is 34.7 Å². The number of carbonyl (C=O) groups is 4. The van der Waals surface area contributed by atoms with Crippen molar-refractivity contribution in [2.45, 2.75) is 63.7 Å². The number of pyridine rings is 1. The van der Waals surface area contributed by atoms with Gasteiger partial charge in [0.15, 0.2) is 27.8 Å². The number of quaternary nitrogens is 1. The van der Waals surface area contributed by atoms with Gasteiger partial charge in [0, 0.05) is 48.4 Å². The van der Waals surface area contributed by atoms with E-state index >= 15 is 0 Å². The van der Waals surface area contributed by atoms with Crippen LogP contribution in [0.15, 0.2) is 38.9 Å². The quantitative estimate of drug-likeness (QED) is 0.0508. The Morgan fingerprint density at radius 1 is 1.19 bits per heavy atom. The maximum Gasteiger partial charge on any atom is 0.352 e. The van der Waals surface area contributed by atoms with E-state index in [1.54, 1.807) is 10.8 Å². The van der Waals surface area contributed by atoms with Crippen molar-refractivity contribution in [3.63, 3.8) is 0 Å². The number of carbonyl (C=O) groups excluding carboxylic acids is 2. The number of aliphatic carboxylic acids is 2. The molecule has 0 bridgehead atoms. The summed E-state index contributed by atoms with van der Waals surface area (Å²) in [5, 5.41) is 47.3. The van der Waals surface area contributed by atoms with Crippen LogP contribution in [0.4, 0.5) is 5.13 Å². The first kappa shape index (κ1) is 37.9. The number of aryl methyl sites for hydroxylation is 1. The number of halogens is 1. The average Bonchev–Trinajstić information content (AvgIpc) is 3.75. The fourth-order valence-corrected chi connectivity index (χ4v) is 9.03. The van der Waals surface area contributed by atoms with Crippen LogP contribution in [0.1, 0.15) is 44.9 Å². The van der Waals surface area contributed by atoms with Gasteiger partial charge in [-0.05, 0) is 20.8 Å². The summed E-state index contributed by atoms with van der Waals surface area (Å²) in [6, 6.07) is 0.152. The van der Waals surface area contributed by atoms with Crippen molar-refractivity contribution in [1.82, 2.24) is 19.8 Å². The number of likely N-dealkylation sites (tertiary alicyclic amines) is 1. The second kappa shape index (κ2) is 14.2. The molecule has 0 saturated carbocycles. The zero-order valence-corrected chi connectivity index (χ0v) is 31.2. The Balaban J connectivity index is 1.27. The van der Waals surface area contributed by atoms with Gasteiger partial charge in [-0.15, -0.1) is 23.1 Å². The number of rotatable bonds is 12. The highest BCUT2D eigenvalue weighted by Crippen LogP contribution is 2.42. The lowest BCUT2D eigenvalue weighted by Gasteiger charge is -2.50. The molecule has 1 aromatic carbocycles. The van der Waals surface area contributed by atoms with Gasteiger partial charge in [-0.3, -0.25) is 19.3 Å². The number of nitrogens with one attached hydrogen (secondary N) is 1. The summed E-state index contributed by atoms with van der Waals surface area (Å²) in [5.74, 6) is -5.04. The Morgan fingerprint density at radius 3 is 2.49 bits per heavy atom. The summed E-state index contributed by atoms with van der Waals surface area (Å²) in [6.45, 7) is 6.51. The number of thioether (sulfide) groups is 1. The molecule has 0 unspecified atom stereocenters. The van der Waals surface area contributed by atoms with Crippen molar-refractivity contribution in [2.75, 3.05) is 31.1 Å². The van der Waals surface area contributed by atoms with Crippen LogP contribution in [0.25, 0.3) is 10.9 Å². The zero-order chi connectivity index (χ0) is 38.6. The van der Waals surface area contributed by atoms with E-state index in [-0.39, 0.29) is 45.8 Å². The molecule has 2 aromatic heterocycles. The summed E-state index contributed by atoms with van der Waals surface area (Å²) in [5.41, 5.74) is 4.20. The van der Waals surface area contributed by atoms with Gasteiger partial charge in [0.1, 0.15) is 35.9 Å². The van der Waals surface area contributed by atoms with Crippen LogP contribution in [0, 0.1) is 0 Å². The Bertz CT molecular complexity index is 2180. The van der Waals surface area contributed by atoms with Gasteiger partial charge in [-0.1, -0.05) is 16.8 Å². The van der Waals surface area contributed by atoms with E-state index in [1.807, 2.05) is 6.92 Å². The number of aromatic nitrogens is 2. The molecule has 0 spiro atoms. The first-order valence-corrected chi connectivity index (χ1v) is 18.8. The Kier molecular flexibility index (Phi) is 10.1. The molecular formula is C33H37ClN7O10S2+. The van der Waals surface area contributed by atoms with Gasteiger partial charge in [-0.2, -0.15) is 0 Å². The number of amides is 2. The highest BCUT2D eigenvalue weighted by atomic mass is 35.5. The summed E-state index contributed by atoms with van der Waals surface area (Å²) in [4.78, 5) is 75.7. The number of β-lactam (4-membered cyclic amide) rings is 1. The normalized spacial score (nSPS) is 20.0. The topological polar surface area (TPSA) is 247 Å². The number of nitrogens with two attached hydrogens (primary N) is 1. The van der Waals surface area contributed by atoms with Crippen molar-refractivity contribution in [1.29, 1.82) is 0 Å². The van der Waals surface area contributed by atoms with E-state index in [1.165, 1.54) is 37.1 Å². The lowest BCUT2D eigenvalue weighted by atomic mass is 10.0. The molecule has 5 heterocycles. The molecule has 3 aliphatic heterocycles. The van der Waals surface area contributed by atoms with E-state index in [2.05, 4.69) is 15.5 Å². The maximum absolute atomic E-state index is 13.9. The molecule has 0 radical (unpaired) electrons. The molecule has 282 valence electrons. The first-order chi connectivity index (χ1) is 25.0. The number of oxime groups is 1. The molecule has 20 heteroatoms. The number of hydrogen-bond donors (Lipinski definition) is 6. The molecule has 2 saturated heterocycles. The Labute approximate surface area is 314 Å². The number of thiazole rings is 1. The maximum atomic E-state index is 13.9. The summed E-state index contributed by atoms with van der Waals surface area (Å²) in [7, 11) is 0. The van der Waals surface area contributed by atoms with Crippen LogP contribution < -0.4 is 16.5 Å². The fourth-order valence-electron chi connectivity index (χ4n) is 6.87. The van der Waals surface area contributed by atoms with Crippen LogP contribution in [0.2, 0.25) is 5.02 Å². The number of benzene rings is 1. The monoisotopic (exact) mass is 790 g/mol. The number of aromatic hydroxyl groups is 2. The minimum absolute atomic E-state index is 0.00604. The first-order valence-electron chi connectivity index (χ1n) is 16.5. The number of phenolic OH excluding ortho intramolecular Hbond substituents is 2. The van der Waals surface area contributed by atoms with Crippen LogP contribution in [0.3, 0.4) is 0 Å². The van der Waals surface area contributed by atoms with E-state index in [0.29, 0.717) is 40.8 Å². The highest BCUT2D eigenvalue weighted by Gasteiger charge is 2.55. The summed E-state index contributed by atoms with van der Waals surface area (Å²) < 4.78 is 2.10.